The number of carboxylic acid groups (broad SMARTS) is 1. The van der Waals surface area contributed by atoms with Crippen molar-refractivity contribution < 1.29 is 19.4 Å². The molecule has 5 nitrogen and oxygen atoms in total. The molecule has 1 aromatic rings. The Morgan fingerprint density at radius 2 is 1.95 bits per heavy atom. The number of aliphatic carboxylic acids is 1. The molecule has 1 aliphatic rings. The van der Waals surface area contributed by atoms with E-state index in [1.807, 2.05) is 12.1 Å². The van der Waals surface area contributed by atoms with Gasteiger partial charge in [0.25, 0.3) is 0 Å². The fraction of sp³-hybridized carbons (Fsp3) is 0.500. The maximum atomic E-state index is 12.0. The number of rotatable bonds is 2. The Morgan fingerprint density at radius 3 is 2.57 bits per heavy atom. The lowest BCUT2D eigenvalue weighted by atomic mass is 9.76. The molecule has 0 aromatic heterocycles. The van der Waals surface area contributed by atoms with E-state index in [0.717, 1.165) is 12.0 Å². The van der Waals surface area contributed by atoms with Crippen molar-refractivity contribution in [1.82, 2.24) is 5.32 Å². The second-order valence-corrected chi connectivity index (χ2v) is 6.35. The number of alkyl carbamates (subject to hydrolysis) is 1. The average molecular weight is 291 g/mol. The molecule has 2 rings (SSSR count). The normalized spacial score (nSPS) is 21.3. The number of amides is 1. The molecule has 0 heterocycles. The topological polar surface area (TPSA) is 75.6 Å². The molecule has 114 valence electrons. The van der Waals surface area contributed by atoms with Gasteiger partial charge >= 0.3 is 12.1 Å². The van der Waals surface area contributed by atoms with Crippen molar-refractivity contribution in [3.05, 3.63) is 35.4 Å². The van der Waals surface area contributed by atoms with E-state index >= 15 is 0 Å². The lowest BCUT2D eigenvalue weighted by Gasteiger charge is -2.36. The van der Waals surface area contributed by atoms with Gasteiger partial charge in [-0.15, -0.1) is 0 Å². The number of ether oxygens (including phenoxy) is 1. The summed E-state index contributed by atoms with van der Waals surface area (Å²) in [4.78, 5) is 23.9. The van der Waals surface area contributed by atoms with Crippen molar-refractivity contribution in [1.29, 1.82) is 0 Å². The largest absolute Gasteiger partial charge is 0.479 e. The molecule has 1 amide bonds. The van der Waals surface area contributed by atoms with E-state index in [1.54, 1.807) is 32.9 Å². The molecule has 0 saturated heterocycles. The number of carboxylic acids is 1. The van der Waals surface area contributed by atoms with Crippen LogP contribution in [0.3, 0.4) is 0 Å². The van der Waals surface area contributed by atoms with Crippen molar-refractivity contribution in [3.8, 4) is 0 Å². The highest BCUT2D eigenvalue weighted by Gasteiger charge is 2.45. The van der Waals surface area contributed by atoms with Crippen molar-refractivity contribution in [2.75, 3.05) is 0 Å². The maximum absolute atomic E-state index is 12.0. The lowest BCUT2D eigenvalue weighted by molar-refractivity contribution is -0.146. The second-order valence-electron chi connectivity index (χ2n) is 6.35. The van der Waals surface area contributed by atoms with E-state index in [2.05, 4.69) is 5.32 Å². The number of hydrogen-bond acceptors (Lipinski definition) is 3. The Morgan fingerprint density at radius 1 is 1.29 bits per heavy atom. The summed E-state index contributed by atoms with van der Waals surface area (Å²) in [6.07, 6.45) is 1.18. The number of fused-ring (bicyclic) bond motifs is 1. The first-order valence-electron chi connectivity index (χ1n) is 7.07. The van der Waals surface area contributed by atoms with Crippen LogP contribution in [0.25, 0.3) is 0 Å². The summed E-state index contributed by atoms with van der Waals surface area (Å²) in [6.45, 7) is 5.23. The van der Waals surface area contributed by atoms with Crippen LogP contribution in [0.1, 0.15) is 44.7 Å². The third-order valence-electron chi connectivity index (χ3n) is 3.55. The zero-order valence-corrected chi connectivity index (χ0v) is 12.6. The number of carbonyl (C=O) groups is 2. The molecule has 0 spiro atoms. The second kappa shape index (κ2) is 5.39. The highest BCUT2D eigenvalue weighted by Crippen LogP contribution is 2.35. The molecule has 0 radical (unpaired) electrons. The van der Waals surface area contributed by atoms with Crippen LogP contribution in [-0.2, 0) is 21.5 Å². The molecule has 5 heteroatoms. The first-order valence-corrected chi connectivity index (χ1v) is 7.07. The predicted molar refractivity (Wildman–Crippen MR) is 78.1 cm³/mol. The Labute approximate surface area is 124 Å². The Balaban J connectivity index is 2.36. The van der Waals surface area contributed by atoms with E-state index < -0.39 is 23.2 Å². The van der Waals surface area contributed by atoms with Crippen LogP contribution in [-0.4, -0.2) is 22.8 Å². The van der Waals surface area contributed by atoms with Crippen LogP contribution in [0.2, 0.25) is 0 Å². The van der Waals surface area contributed by atoms with Gasteiger partial charge in [-0.2, -0.15) is 0 Å². The highest BCUT2D eigenvalue weighted by atomic mass is 16.6. The van der Waals surface area contributed by atoms with Crippen molar-refractivity contribution >= 4 is 12.1 Å². The summed E-state index contributed by atoms with van der Waals surface area (Å²) in [5.41, 5.74) is -0.466. The lowest BCUT2D eigenvalue weighted by Crippen LogP contribution is -2.54. The Hall–Kier alpha value is -2.04. The van der Waals surface area contributed by atoms with E-state index in [9.17, 15) is 14.7 Å². The number of aryl methyl sites for hydroxylation is 1. The fourth-order valence-corrected chi connectivity index (χ4v) is 2.72. The quantitative estimate of drug-likeness (QED) is 0.878. The monoisotopic (exact) mass is 291 g/mol. The van der Waals surface area contributed by atoms with Crippen molar-refractivity contribution in [3.63, 3.8) is 0 Å². The van der Waals surface area contributed by atoms with Crippen LogP contribution in [0.15, 0.2) is 24.3 Å². The van der Waals surface area contributed by atoms with Gasteiger partial charge in [-0.1, -0.05) is 24.3 Å². The third kappa shape index (κ3) is 3.17. The van der Waals surface area contributed by atoms with E-state index in [0.29, 0.717) is 18.4 Å². The van der Waals surface area contributed by atoms with E-state index in [4.69, 9.17) is 4.74 Å². The molecule has 1 atom stereocenters. The Bertz CT molecular complexity index is 562. The van der Waals surface area contributed by atoms with E-state index in [-0.39, 0.29) is 0 Å². The van der Waals surface area contributed by atoms with Gasteiger partial charge in [0.05, 0.1) is 0 Å². The van der Waals surface area contributed by atoms with Gasteiger partial charge in [0.15, 0.2) is 5.54 Å². The van der Waals surface area contributed by atoms with Crippen LogP contribution < -0.4 is 5.32 Å². The first kappa shape index (κ1) is 15.4. The molecule has 0 aliphatic heterocycles. The molecular weight excluding hydrogens is 270 g/mol. The zero-order chi connectivity index (χ0) is 15.7. The summed E-state index contributed by atoms with van der Waals surface area (Å²) < 4.78 is 5.22. The molecular formula is C16H21NO4. The average Bonchev–Trinajstić information content (AvgIpc) is 2.36. The van der Waals surface area contributed by atoms with Crippen LogP contribution >= 0.6 is 0 Å². The van der Waals surface area contributed by atoms with Gasteiger partial charge in [-0.3, -0.25) is 0 Å². The van der Waals surface area contributed by atoms with E-state index in [1.165, 1.54) is 0 Å². The SMILES string of the molecule is CC(C)(C)OC(=O)N[C@@]1(C(=O)O)CCCc2ccccc21. The highest BCUT2D eigenvalue weighted by molar-refractivity contribution is 5.86. The smallest absolute Gasteiger partial charge is 0.408 e. The molecule has 0 fully saturated rings. The minimum atomic E-state index is -1.41. The molecule has 0 unspecified atom stereocenters. The summed E-state index contributed by atoms with van der Waals surface area (Å²) >= 11 is 0. The Kier molecular flexibility index (Phi) is 3.94. The van der Waals surface area contributed by atoms with Gasteiger partial charge in [0, 0.05) is 0 Å². The maximum Gasteiger partial charge on any atom is 0.408 e. The summed E-state index contributed by atoms with van der Waals surface area (Å²) in [5, 5.41) is 12.3. The minimum Gasteiger partial charge on any atom is -0.479 e. The standard InChI is InChI=1S/C16H21NO4/c1-15(2,3)21-14(20)17-16(13(18)19)10-6-8-11-7-4-5-9-12(11)16/h4-5,7,9H,6,8,10H2,1-3H3,(H,17,20)(H,18,19)/t16-/m0/s1. The summed E-state index contributed by atoms with van der Waals surface area (Å²) in [5.74, 6) is -1.06. The molecule has 21 heavy (non-hydrogen) atoms. The predicted octanol–water partition coefficient (Wildman–Crippen LogP) is 2.83. The minimum absolute atomic E-state index is 0.360. The molecule has 1 aromatic carbocycles. The van der Waals surface area contributed by atoms with Crippen LogP contribution in [0, 0.1) is 0 Å². The molecule has 1 aliphatic carbocycles. The molecule has 2 N–H and O–H groups in total. The van der Waals surface area contributed by atoms with Gasteiger partial charge in [0.2, 0.25) is 0 Å². The number of nitrogens with one attached hydrogen (secondary N) is 1. The van der Waals surface area contributed by atoms with Gasteiger partial charge < -0.3 is 15.2 Å². The molecule has 0 bridgehead atoms. The third-order valence-corrected chi connectivity index (χ3v) is 3.55. The molecule has 0 saturated carbocycles. The first-order chi connectivity index (χ1) is 9.74. The van der Waals surface area contributed by atoms with Gasteiger partial charge in [-0.05, 0) is 51.2 Å². The van der Waals surface area contributed by atoms with Crippen molar-refractivity contribution in [2.24, 2.45) is 0 Å². The van der Waals surface area contributed by atoms with Crippen LogP contribution in [0.4, 0.5) is 4.79 Å². The number of hydrogen-bond donors (Lipinski definition) is 2. The summed E-state index contributed by atoms with van der Waals surface area (Å²) in [7, 11) is 0. The number of benzene rings is 1. The van der Waals surface area contributed by atoms with Gasteiger partial charge in [-0.25, -0.2) is 9.59 Å². The number of carbonyl (C=O) groups excluding carboxylic acids is 1. The van der Waals surface area contributed by atoms with Crippen LogP contribution in [0.5, 0.6) is 0 Å². The summed E-state index contributed by atoms with van der Waals surface area (Å²) in [6, 6.07) is 7.34. The fourth-order valence-electron chi connectivity index (χ4n) is 2.72. The van der Waals surface area contributed by atoms with Gasteiger partial charge in [0.1, 0.15) is 5.60 Å². The zero-order valence-electron chi connectivity index (χ0n) is 12.6. The van der Waals surface area contributed by atoms with Crippen molar-refractivity contribution in [2.45, 2.75) is 51.2 Å².